The predicted molar refractivity (Wildman–Crippen MR) is 153 cm³/mol. The van der Waals surface area contributed by atoms with E-state index in [1.165, 1.54) is 4.90 Å². The number of hydrogen-bond acceptors (Lipinski definition) is 9. The van der Waals surface area contributed by atoms with Gasteiger partial charge in [-0.05, 0) is 66.6 Å². The van der Waals surface area contributed by atoms with Crippen LogP contribution in [0.15, 0.2) is 30.3 Å². The van der Waals surface area contributed by atoms with E-state index < -0.39 is 64.4 Å². The largest absolute Gasteiger partial charge is 0.507 e. The van der Waals surface area contributed by atoms with Crippen LogP contribution in [0.4, 0.5) is 0 Å². The first-order valence-electron chi connectivity index (χ1n) is 14.1. The van der Waals surface area contributed by atoms with Gasteiger partial charge in [0.05, 0.1) is 17.5 Å². The fraction of sp³-hybridized carbons (Fsp3) is 0.469. The molecule has 3 aliphatic rings. The van der Waals surface area contributed by atoms with Gasteiger partial charge >= 0.3 is 0 Å². The van der Waals surface area contributed by atoms with Gasteiger partial charge in [0.25, 0.3) is 0 Å². The van der Waals surface area contributed by atoms with Crippen molar-refractivity contribution in [1.82, 2.24) is 4.90 Å². The van der Waals surface area contributed by atoms with Crippen LogP contribution < -0.4 is 11.5 Å². The molecule has 2 saturated carbocycles. The summed E-state index contributed by atoms with van der Waals surface area (Å²) in [5.41, 5.74) is 11.9. The number of fused-ring (bicyclic) bond motifs is 3. The molecule has 222 valence electrons. The Balaban J connectivity index is 1.67. The number of benzene rings is 2. The summed E-state index contributed by atoms with van der Waals surface area (Å²) in [6, 6.07) is 8.50. The van der Waals surface area contributed by atoms with E-state index in [-0.39, 0.29) is 36.1 Å². The summed E-state index contributed by atoms with van der Waals surface area (Å²) in [5.74, 6) is -10.7. The number of ketones is 4. The van der Waals surface area contributed by atoms with Gasteiger partial charge < -0.3 is 21.7 Å². The Labute approximate surface area is 244 Å². The SMILES string of the molecule is CN(C)[C@@H]1C(=O)C(C(N)=O)C(=O)[C@@]2(O)C(=O)C3C(=O)c4c(O)c(CN)cc(-c5ccc(C(C)(C)C)cc5)c4C[C@H]3C[C@@H]12. The monoisotopic (exact) mass is 575 g/mol. The van der Waals surface area contributed by atoms with Crippen molar-refractivity contribution >= 4 is 29.0 Å². The van der Waals surface area contributed by atoms with E-state index in [0.29, 0.717) is 16.7 Å². The average Bonchev–Trinajstić information content (AvgIpc) is 2.90. The summed E-state index contributed by atoms with van der Waals surface area (Å²) in [6.07, 6.45) is 0.173. The lowest BCUT2D eigenvalue weighted by molar-refractivity contribution is -0.181. The quantitative estimate of drug-likeness (QED) is 0.391. The molecule has 5 rings (SSSR count). The van der Waals surface area contributed by atoms with Gasteiger partial charge in [-0.2, -0.15) is 0 Å². The number of phenols is 1. The number of nitrogens with two attached hydrogens (primary N) is 2. The lowest BCUT2D eigenvalue weighted by Crippen LogP contribution is -2.74. The first kappa shape index (κ1) is 29.8. The van der Waals surface area contributed by atoms with Crippen LogP contribution in [0.1, 0.15) is 54.2 Å². The maximum Gasteiger partial charge on any atom is 0.235 e. The number of rotatable bonds is 4. The van der Waals surface area contributed by atoms with Gasteiger partial charge in [-0.25, -0.2) is 0 Å². The standard InChI is InChI=1S/C32H37N3O7/c1-31(2,3)17-8-6-14(7-9-17)18-11-16(13-33)25(36)22-19(18)10-15-12-20-24(35(4)5)27(38)23(30(34)41)29(40)32(20,42)28(39)21(15)26(22)37/h6-9,11,15,20-21,23-24,36,42H,10,12-13,33H2,1-5H3,(H2,34,41)/t15-,20-,21?,23?,24-,32-/m0/s1. The van der Waals surface area contributed by atoms with Crippen LogP contribution in [0.3, 0.4) is 0 Å². The van der Waals surface area contributed by atoms with Gasteiger partial charge in [-0.15, -0.1) is 0 Å². The van der Waals surface area contributed by atoms with Crippen molar-refractivity contribution in [2.75, 3.05) is 14.1 Å². The van der Waals surface area contributed by atoms with Crippen molar-refractivity contribution in [3.63, 3.8) is 0 Å². The molecule has 10 nitrogen and oxygen atoms in total. The van der Waals surface area contributed by atoms with Gasteiger partial charge in [0.15, 0.2) is 34.7 Å². The second-order valence-corrected chi connectivity index (χ2v) is 13.1. The van der Waals surface area contributed by atoms with Gasteiger partial charge in [0.1, 0.15) is 5.75 Å². The molecule has 0 saturated heterocycles. The minimum atomic E-state index is -2.76. The maximum atomic E-state index is 14.1. The zero-order valence-electron chi connectivity index (χ0n) is 24.4. The van der Waals surface area contributed by atoms with E-state index in [0.717, 1.165) is 11.1 Å². The topological polar surface area (TPSA) is 181 Å². The second-order valence-electron chi connectivity index (χ2n) is 13.1. The smallest absolute Gasteiger partial charge is 0.235 e. The minimum Gasteiger partial charge on any atom is -0.507 e. The van der Waals surface area contributed by atoms with Crippen LogP contribution >= 0.6 is 0 Å². The normalized spacial score (nSPS) is 29.3. The van der Waals surface area contributed by atoms with Crippen LogP contribution in [-0.4, -0.2) is 69.9 Å². The maximum absolute atomic E-state index is 14.1. The Bertz CT molecular complexity index is 1540. The zero-order chi connectivity index (χ0) is 31.0. The first-order chi connectivity index (χ1) is 19.5. The molecule has 1 amide bonds. The Hall–Kier alpha value is -3.73. The lowest BCUT2D eigenvalue weighted by atomic mass is 9.52. The van der Waals surface area contributed by atoms with Gasteiger partial charge in [-0.1, -0.05) is 45.0 Å². The summed E-state index contributed by atoms with van der Waals surface area (Å²) in [7, 11) is 3.11. The van der Waals surface area contributed by atoms with Crippen molar-refractivity contribution in [3.05, 3.63) is 52.6 Å². The predicted octanol–water partition coefficient (Wildman–Crippen LogP) is 1.29. The average molecular weight is 576 g/mol. The number of amides is 1. The van der Waals surface area contributed by atoms with Gasteiger partial charge in [-0.3, -0.25) is 28.9 Å². The molecule has 2 fully saturated rings. The highest BCUT2D eigenvalue weighted by molar-refractivity contribution is 6.32. The third-order valence-corrected chi connectivity index (χ3v) is 9.42. The van der Waals surface area contributed by atoms with E-state index in [1.807, 2.05) is 24.3 Å². The molecule has 0 radical (unpaired) electrons. The number of likely N-dealkylation sites (N-methyl/N-ethyl adjacent to an activating group) is 1. The van der Waals surface area contributed by atoms with Crippen molar-refractivity contribution in [2.45, 2.75) is 57.2 Å². The number of aromatic hydroxyl groups is 1. The molecular weight excluding hydrogens is 538 g/mol. The number of carbonyl (C=O) groups is 5. The number of Topliss-reactive ketones (excluding diaryl/α,β-unsaturated/α-hetero) is 4. The van der Waals surface area contributed by atoms with Crippen molar-refractivity contribution in [1.29, 1.82) is 0 Å². The van der Waals surface area contributed by atoms with Crippen LogP contribution in [0.25, 0.3) is 11.1 Å². The van der Waals surface area contributed by atoms with E-state index >= 15 is 0 Å². The highest BCUT2D eigenvalue weighted by Gasteiger charge is 2.69. The minimum absolute atomic E-state index is 0.00823. The number of aliphatic hydroxyl groups is 1. The molecule has 2 unspecified atom stereocenters. The molecular formula is C32H37N3O7. The molecule has 0 spiro atoms. The molecule has 2 aromatic rings. The molecule has 0 aliphatic heterocycles. The van der Waals surface area contributed by atoms with Gasteiger partial charge in [0, 0.05) is 18.0 Å². The third kappa shape index (κ3) is 4.15. The molecule has 2 aromatic carbocycles. The molecule has 3 aliphatic carbocycles. The lowest BCUT2D eigenvalue weighted by Gasteiger charge is -2.52. The molecule has 0 aromatic heterocycles. The molecule has 6 N–H and O–H groups in total. The Morgan fingerprint density at radius 1 is 1.07 bits per heavy atom. The van der Waals surface area contributed by atoms with Crippen molar-refractivity contribution in [2.24, 2.45) is 35.1 Å². The fourth-order valence-electron chi connectivity index (χ4n) is 7.29. The van der Waals surface area contributed by atoms with Crippen LogP contribution in [-0.2, 0) is 37.6 Å². The molecule has 6 atom stereocenters. The van der Waals surface area contributed by atoms with Crippen LogP contribution in [0.2, 0.25) is 0 Å². The summed E-state index contributed by atoms with van der Waals surface area (Å²) < 4.78 is 0. The van der Waals surface area contributed by atoms with Crippen LogP contribution in [0.5, 0.6) is 5.75 Å². The molecule has 0 heterocycles. The van der Waals surface area contributed by atoms with E-state index in [2.05, 4.69) is 20.8 Å². The molecule has 0 bridgehead atoms. The summed E-state index contributed by atoms with van der Waals surface area (Å²) in [4.78, 5) is 68.6. The third-order valence-electron chi connectivity index (χ3n) is 9.42. The highest BCUT2D eigenvalue weighted by atomic mass is 16.3. The molecule has 10 heteroatoms. The van der Waals surface area contributed by atoms with Crippen molar-refractivity contribution < 1.29 is 34.2 Å². The summed E-state index contributed by atoms with van der Waals surface area (Å²) in [6.45, 7) is 6.23. The number of nitrogens with zero attached hydrogens (tertiary/aromatic N) is 1. The number of phenolic OH excluding ortho intramolecular Hbond substituents is 1. The van der Waals surface area contributed by atoms with Crippen molar-refractivity contribution in [3.8, 4) is 16.9 Å². The number of hydrogen-bond donors (Lipinski definition) is 4. The Kier molecular flexibility index (Phi) is 7.03. The Morgan fingerprint density at radius 3 is 2.21 bits per heavy atom. The van der Waals surface area contributed by atoms with Crippen LogP contribution in [0, 0.1) is 23.7 Å². The summed E-state index contributed by atoms with van der Waals surface area (Å²) in [5, 5.41) is 22.9. The summed E-state index contributed by atoms with van der Waals surface area (Å²) >= 11 is 0. The zero-order valence-corrected chi connectivity index (χ0v) is 24.4. The van der Waals surface area contributed by atoms with Gasteiger partial charge in [0.2, 0.25) is 5.91 Å². The highest BCUT2D eigenvalue weighted by Crippen LogP contribution is 2.52. The Morgan fingerprint density at radius 2 is 1.69 bits per heavy atom. The van der Waals surface area contributed by atoms with E-state index in [4.69, 9.17) is 11.5 Å². The van der Waals surface area contributed by atoms with E-state index in [9.17, 15) is 34.2 Å². The second kappa shape index (κ2) is 9.93. The first-order valence-corrected chi connectivity index (χ1v) is 14.1. The fourth-order valence-corrected chi connectivity index (χ4v) is 7.29. The number of carbonyl (C=O) groups excluding carboxylic acids is 5. The van der Waals surface area contributed by atoms with E-state index in [1.54, 1.807) is 20.2 Å². The molecule has 42 heavy (non-hydrogen) atoms. The number of primary amides is 1.